The van der Waals surface area contributed by atoms with Crippen LogP contribution in [0, 0.1) is 5.82 Å². The Balaban J connectivity index is 1.53. The Hall–Kier alpha value is -3.06. The lowest BCUT2D eigenvalue weighted by Gasteiger charge is -2.24. The van der Waals surface area contributed by atoms with Gasteiger partial charge in [-0.3, -0.25) is 4.79 Å². The monoisotopic (exact) mass is 430 g/mol. The van der Waals surface area contributed by atoms with Gasteiger partial charge in [-0.2, -0.15) is 0 Å². The van der Waals surface area contributed by atoms with Gasteiger partial charge in [-0.1, -0.05) is 41.9 Å². The highest BCUT2D eigenvalue weighted by Crippen LogP contribution is 2.35. The second kappa shape index (κ2) is 8.36. The summed E-state index contributed by atoms with van der Waals surface area (Å²) in [4.78, 5) is 23.6. The number of carbonyl (C=O) groups excluding carboxylic acids is 1. The molecule has 1 heterocycles. The molecular formula is C22H20ClFN2O4. The van der Waals surface area contributed by atoms with Crippen molar-refractivity contribution in [1.82, 2.24) is 9.88 Å². The van der Waals surface area contributed by atoms with E-state index in [1.54, 1.807) is 4.57 Å². The van der Waals surface area contributed by atoms with Crippen molar-refractivity contribution < 1.29 is 23.8 Å². The fraction of sp³-hybridized carbons (Fsp3) is 0.273. The fourth-order valence-electron chi connectivity index (χ4n) is 4.01. The topological polar surface area (TPSA) is 80.6 Å². The van der Waals surface area contributed by atoms with Crippen LogP contribution in [0.5, 0.6) is 0 Å². The maximum Gasteiger partial charge on any atom is 0.407 e. The van der Waals surface area contributed by atoms with E-state index in [0.29, 0.717) is 30.2 Å². The number of carbonyl (C=O) groups is 2. The van der Waals surface area contributed by atoms with Crippen molar-refractivity contribution in [2.45, 2.75) is 38.5 Å². The van der Waals surface area contributed by atoms with E-state index >= 15 is 0 Å². The molecule has 0 saturated heterocycles. The summed E-state index contributed by atoms with van der Waals surface area (Å²) in [7, 11) is 0. The van der Waals surface area contributed by atoms with Crippen LogP contribution in [0.4, 0.5) is 9.18 Å². The first-order chi connectivity index (χ1) is 14.4. The summed E-state index contributed by atoms with van der Waals surface area (Å²) < 4.78 is 21.1. The van der Waals surface area contributed by atoms with E-state index in [1.807, 2.05) is 30.3 Å². The molecule has 0 fully saturated rings. The van der Waals surface area contributed by atoms with E-state index in [0.717, 1.165) is 16.8 Å². The van der Waals surface area contributed by atoms with Gasteiger partial charge in [0.1, 0.15) is 19.0 Å². The zero-order valence-corrected chi connectivity index (χ0v) is 16.8. The molecule has 30 heavy (non-hydrogen) atoms. The number of carboxylic acid groups (broad SMARTS) is 1. The van der Waals surface area contributed by atoms with Crippen molar-refractivity contribution in [3.8, 4) is 0 Å². The van der Waals surface area contributed by atoms with Crippen molar-refractivity contribution in [3.63, 3.8) is 0 Å². The van der Waals surface area contributed by atoms with Crippen LogP contribution in [0.2, 0.25) is 5.02 Å². The lowest BCUT2D eigenvalue weighted by molar-refractivity contribution is -0.137. The number of nitrogens with one attached hydrogen (secondary N) is 1. The lowest BCUT2D eigenvalue weighted by atomic mass is 9.91. The molecule has 6 nitrogen and oxygen atoms in total. The first-order valence-corrected chi connectivity index (χ1v) is 9.98. The number of carboxylic acids is 1. The van der Waals surface area contributed by atoms with Crippen LogP contribution in [0.3, 0.4) is 0 Å². The highest BCUT2D eigenvalue weighted by Gasteiger charge is 2.28. The number of alkyl carbamates (subject to hydrolysis) is 1. The molecule has 8 heteroatoms. The molecule has 1 amide bonds. The molecule has 0 spiro atoms. The number of benzene rings is 2. The number of aromatic nitrogens is 1. The van der Waals surface area contributed by atoms with Crippen molar-refractivity contribution in [3.05, 3.63) is 70.1 Å². The maximum absolute atomic E-state index is 14.1. The molecule has 0 radical (unpaired) electrons. The third-order valence-electron chi connectivity index (χ3n) is 5.34. The fourth-order valence-corrected chi connectivity index (χ4v) is 4.17. The molecule has 1 unspecified atom stereocenters. The van der Waals surface area contributed by atoms with Gasteiger partial charge in [0.15, 0.2) is 0 Å². The van der Waals surface area contributed by atoms with Crippen molar-refractivity contribution in [1.29, 1.82) is 0 Å². The maximum atomic E-state index is 14.1. The van der Waals surface area contributed by atoms with Crippen LogP contribution < -0.4 is 5.32 Å². The third kappa shape index (κ3) is 4.11. The quantitative estimate of drug-likeness (QED) is 0.632. The summed E-state index contributed by atoms with van der Waals surface area (Å²) >= 11 is 5.93. The van der Waals surface area contributed by atoms with Crippen molar-refractivity contribution >= 4 is 34.6 Å². The van der Waals surface area contributed by atoms with Crippen LogP contribution in [0.15, 0.2) is 42.5 Å². The van der Waals surface area contributed by atoms with Gasteiger partial charge in [0.2, 0.25) is 0 Å². The Morgan fingerprint density at radius 1 is 1.27 bits per heavy atom. The number of hydrogen-bond donors (Lipinski definition) is 2. The standard InChI is InChI=1S/C22H20ClFN2O4/c23-17-10-20-16(9-18(17)24)15-8-14(6-7-19(15)26(20)11-21(27)28)25-22(29)30-12-13-4-2-1-3-5-13/h1-5,9-10,14H,6-8,11-12H2,(H,25,29)(H,27,28). The van der Waals surface area contributed by atoms with E-state index in [4.69, 9.17) is 16.3 Å². The molecule has 2 N–H and O–H groups in total. The molecule has 156 valence electrons. The van der Waals surface area contributed by atoms with E-state index < -0.39 is 17.9 Å². The number of halogens is 2. The number of ether oxygens (including phenoxy) is 1. The molecule has 0 bridgehead atoms. The average molecular weight is 431 g/mol. The molecule has 1 aliphatic rings. The minimum atomic E-state index is -0.986. The molecule has 4 rings (SSSR count). The Morgan fingerprint density at radius 3 is 2.77 bits per heavy atom. The van der Waals surface area contributed by atoms with E-state index in [2.05, 4.69) is 5.32 Å². The third-order valence-corrected chi connectivity index (χ3v) is 5.63. The van der Waals surface area contributed by atoms with Crippen molar-refractivity contribution in [2.24, 2.45) is 0 Å². The number of rotatable bonds is 5. The molecule has 1 aliphatic carbocycles. The molecule has 3 aromatic rings. The Bertz CT molecular complexity index is 1110. The van der Waals surface area contributed by atoms with Gasteiger partial charge in [-0.25, -0.2) is 9.18 Å². The van der Waals surface area contributed by atoms with Crippen LogP contribution >= 0.6 is 11.6 Å². The second-order valence-electron chi connectivity index (χ2n) is 7.33. The van der Waals surface area contributed by atoms with Crippen LogP contribution in [-0.4, -0.2) is 27.8 Å². The van der Waals surface area contributed by atoms with Gasteiger partial charge >= 0.3 is 12.1 Å². The van der Waals surface area contributed by atoms with Crippen molar-refractivity contribution in [2.75, 3.05) is 0 Å². The molecule has 2 aromatic carbocycles. The van der Waals surface area contributed by atoms with Crippen LogP contribution in [0.25, 0.3) is 10.9 Å². The highest BCUT2D eigenvalue weighted by molar-refractivity contribution is 6.31. The summed E-state index contributed by atoms with van der Waals surface area (Å²) in [6.07, 6.45) is 1.12. The number of hydrogen-bond acceptors (Lipinski definition) is 3. The normalized spacial score (nSPS) is 15.6. The number of aliphatic carboxylic acids is 1. The van der Waals surface area contributed by atoms with Gasteiger partial charge in [0.05, 0.1) is 10.5 Å². The summed E-state index contributed by atoms with van der Waals surface area (Å²) in [5.41, 5.74) is 3.15. The van der Waals surface area contributed by atoms with Gasteiger partial charge in [-0.05, 0) is 42.5 Å². The van der Waals surface area contributed by atoms with E-state index in [1.165, 1.54) is 12.1 Å². The predicted molar refractivity (Wildman–Crippen MR) is 110 cm³/mol. The smallest absolute Gasteiger partial charge is 0.407 e. The summed E-state index contributed by atoms with van der Waals surface area (Å²) in [5.74, 6) is -1.54. The zero-order chi connectivity index (χ0) is 21.3. The highest BCUT2D eigenvalue weighted by atomic mass is 35.5. The van der Waals surface area contributed by atoms with Gasteiger partial charge in [0.25, 0.3) is 0 Å². The van der Waals surface area contributed by atoms with Gasteiger partial charge < -0.3 is 19.7 Å². The minimum Gasteiger partial charge on any atom is -0.480 e. The first-order valence-electron chi connectivity index (χ1n) is 9.60. The Kier molecular flexibility index (Phi) is 5.63. The largest absolute Gasteiger partial charge is 0.480 e. The average Bonchev–Trinajstić information content (AvgIpc) is 2.99. The molecule has 1 atom stereocenters. The first kappa shape index (κ1) is 20.2. The number of fused-ring (bicyclic) bond motifs is 3. The lowest BCUT2D eigenvalue weighted by Crippen LogP contribution is -2.39. The van der Waals surface area contributed by atoms with E-state index in [-0.39, 0.29) is 24.2 Å². The second-order valence-corrected chi connectivity index (χ2v) is 7.74. The van der Waals surface area contributed by atoms with Crippen LogP contribution in [-0.2, 0) is 35.5 Å². The predicted octanol–water partition coefficient (Wildman–Crippen LogP) is 4.30. The Labute approximate surface area is 177 Å². The van der Waals surface area contributed by atoms with E-state index in [9.17, 15) is 19.1 Å². The molecule has 0 aliphatic heterocycles. The SMILES string of the molecule is O=C(O)Cn1c2c(c3cc(F)c(Cl)cc31)CC(NC(=O)OCc1ccccc1)CC2. The van der Waals surface area contributed by atoms with Crippen LogP contribution in [0.1, 0.15) is 23.2 Å². The summed E-state index contributed by atoms with van der Waals surface area (Å²) in [5, 5.41) is 12.7. The minimum absolute atomic E-state index is 0.0526. The molecular weight excluding hydrogens is 411 g/mol. The zero-order valence-electron chi connectivity index (χ0n) is 16.0. The summed E-state index contributed by atoms with van der Waals surface area (Å²) in [6.45, 7) is -0.0583. The van der Waals surface area contributed by atoms with Gasteiger partial charge in [-0.15, -0.1) is 0 Å². The Morgan fingerprint density at radius 2 is 2.03 bits per heavy atom. The molecule has 1 aromatic heterocycles. The molecule has 0 saturated carbocycles. The van der Waals surface area contributed by atoms with Gasteiger partial charge in [0, 0.05) is 17.1 Å². The number of nitrogens with zero attached hydrogens (tertiary/aromatic N) is 1. The summed E-state index contributed by atoms with van der Waals surface area (Å²) in [6, 6.07) is 12.0. The number of amides is 1.